The van der Waals surface area contributed by atoms with Gasteiger partial charge in [-0.3, -0.25) is 19.8 Å². The van der Waals surface area contributed by atoms with Crippen LogP contribution < -0.4 is 14.8 Å². The van der Waals surface area contributed by atoms with Gasteiger partial charge in [0.2, 0.25) is 0 Å². The van der Waals surface area contributed by atoms with Crippen LogP contribution in [-0.4, -0.2) is 35.9 Å². The third-order valence-corrected chi connectivity index (χ3v) is 6.63. The number of benzene rings is 2. The van der Waals surface area contributed by atoms with E-state index in [1.807, 2.05) is 12.1 Å². The Labute approximate surface area is 216 Å². The molecule has 0 radical (unpaired) electrons. The van der Waals surface area contributed by atoms with Crippen molar-refractivity contribution in [3.63, 3.8) is 0 Å². The van der Waals surface area contributed by atoms with Crippen LogP contribution in [0.3, 0.4) is 0 Å². The first-order valence-electron chi connectivity index (χ1n) is 12.3. The minimum Gasteiger partial charge on any atom is -0.493 e. The van der Waals surface area contributed by atoms with Gasteiger partial charge in [-0.2, -0.15) is 5.26 Å². The number of urea groups is 1. The molecule has 2 fully saturated rings. The molecule has 0 atom stereocenters. The molecule has 0 aromatic heterocycles. The van der Waals surface area contributed by atoms with Crippen LogP contribution in [0.4, 0.5) is 4.79 Å². The first-order valence-corrected chi connectivity index (χ1v) is 12.3. The minimum absolute atomic E-state index is 0.103. The minimum atomic E-state index is -0.722. The molecular weight excluding hydrogens is 470 g/mol. The lowest BCUT2D eigenvalue weighted by Crippen LogP contribution is -2.58. The van der Waals surface area contributed by atoms with Crippen molar-refractivity contribution in [3.8, 4) is 17.6 Å². The molecular formula is C29H29N3O5. The van der Waals surface area contributed by atoms with Gasteiger partial charge in [0.15, 0.2) is 11.5 Å². The molecule has 1 saturated carbocycles. The summed E-state index contributed by atoms with van der Waals surface area (Å²) in [6.07, 6.45) is 8.05. The summed E-state index contributed by atoms with van der Waals surface area (Å²) in [5.41, 5.74) is 2.44. The van der Waals surface area contributed by atoms with E-state index in [4.69, 9.17) is 9.47 Å². The van der Waals surface area contributed by atoms with Crippen LogP contribution in [0.5, 0.6) is 11.5 Å². The Morgan fingerprint density at radius 1 is 1.14 bits per heavy atom. The third kappa shape index (κ3) is 5.56. The van der Waals surface area contributed by atoms with E-state index >= 15 is 0 Å². The summed E-state index contributed by atoms with van der Waals surface area (Å²) >= 11 is 0. The van der Waals surface area contributed by atoms with Gasteiger partial charge in [-0.15, -0.1) is 6.58 Å². The van der Waals surface area contributed by atoms with Crippen molar-refractivity contribution < 1.29 is 23.9 Å². The third-order valence-electron chi connectivity index (χ3n) is 6.63. The normalized spacial score (nSPS) is 17.4. The lowest BCUT2D eigenvalue weighted by molar-refractivity contribution is -0.132. The van der Waals surface area contributed by atoms with Gasteiger partial charge in [0.05, 0.1) is 18.7 Å². The first kappa shape index (κ1) is 25.7. The highest BCUT2D eigenvalue weighted by Gasteiger charge is 2.40. The molecule has 1 aliphatic heterocycles. The Morgan fingerprint density at radius 2 is 1.89 bits per heavy atom. The molecule has 37 heavy (non-hydrogen) atoms. The number of barbiturate groups is 1. The summed E-state index contributed by atoms with van der Waals surface area (Å²) in [5, 5.41) is 11.7. The summed E-state index contributed by atoms with van der Waals surface area (Å²) in [6, 6.07) is 11.9. The van der Waals surface area contributed by atoms with Crippen LogP contribution in [-0.2, 0) is 22.6 Å². The summed E-state index contributed by atoms with van der Waals surface area (Å²) in [7, 11) is 1.50. The Kier molecular flexibility index (Phi) is 8.04. The summed E-state index contributed by atoms with van der Waals surface area (Å²) in [5.74, 6) is -0.418. The fraction of sp³-hybridized carbons (Fsp3) is 0.310. The SMILES string of the molecule is C=CCc1cc(C=C2C(=O)NC(=O)N(C3CCCCC3)C2=O)cc(OC)c1OCc1ccccc1C#N. The Bertz CT molecular complexity index is 1300. The fourth-order valence-electron chi connectivity index (χ4n) is 4.80. The topological polar surface area (TPSA) is 109 Å². The van der Waals surface area contributed by atoms with E-state index in [-0.39, 0.29) is 18.2 Å². The number of rotatable bonds is 8. The molecule has 1 saturated heterocycles. The van der Waals surface area contributed by atoms with Crippen LogP contribution in [0, 0.1) is 11.3 Å². The molecule has 4 rings (SSSR count). The molecule has 0 bridgehead atoms. The lowest BCUT2D eigenvalue weighted by Gasteiger charge is -2.35. The van der Waals surface area contributed by atoms with E-state index in [0.29, 0.717) is 29.0 Å². The van der Waals surface area contributed by atoms with Crippen LogP contribution in [0.25, 0.3) is 6.08 Å². The van der Waals surface area contributed by atoms with Crippen molar-refractivity contribution in [2.45, 2.75) is 51.2 Å². The summed E-state index contributed by atoms with van der Waals surface area (Å²) in [6.45, 7) is 3.98. The predicted molar refractivity (Wildman–Crippen MR) is 138 cm³/mol. The smallest absolute Gasteiger partial charge is 0.331 e. The Morgan fingerprint density at radius 3 is 2.59 bits per heavy atom. The standard InChI is InChI=1S/C29H29N3O5/c1-3-9-20-14-19(16-25(36-2)26(20)37-18-22-11-8-7-10-21(22)17-30)15-24-27(33)31-29(35)32(28(24)34)23-12-5-4-6-13-23/h3,7-8,10-11,14-16,23H,1,4-6,9,12-13,18H2,2H3,(H,31,33,35). The molecule has 2 aromatic rings. The number of ether oxygens (including phenoxy) is 2. The monoisotopic (exact) mass is 499 g/mol. The van der Waals surface area contributed by atoms with Crippen molar-refractivity contribution in [2.24, 2.45) is 0 Å². The van der Waals surface area contributed by atoms with Gasteiger partial charge in [0.25, 0.3) is 11.8 Å². The van der Waals surface area contributed by atoms with Crippen molar-refractivity contribution >= 4 is 23.9 Å². The second-order valence-corrected chi connectivity index (χ2v) is 9.05. The zero-order valence-corrected chi connectivity index (χ0v) is 20.8. The largest absolute Gasteiger partial charge is 0.493 e. The second kappa shape index (κ2) is 11.6. The maximum Gasteiger partial charge on any atom is 0.331 e. The number of nitrogens with one attached hydrogen (secondary N) is 1. The van der Waals surface area contributed by atoms with Crippen molar-refractivity contribution in [2.75, 3.05) is 7.11 Å². The van der Waals surface area contributed by atoms with Gasteiger partial charge in [-0.1, -0.05) is 43.5 Å². The van der Waals surface area contributed by atoms with E-state index in [1.165, 1.54) is 18.1 Å². The molecule has 2 aromatic carbocycles. The average molecular weight is 500 g/mol. The molecule has 8 heteroatoms. The summed E-state index contributed by atoms with van der Waals surface area (Å²) < 4.78 is 11.7. The number of amides is 4. The number of nitrogens with zero attached hydrogens (tertiary/aromatic N) is 2. The van der Waals surface area contributed by atoms with E-state index in [1.54, 1.807) is 30.3 Å². The highest BCUT2D eigenvalue weighted by Crippen LogP contribution is 2.35. The quantitative estimate of drug-likeness (QED) is 0.321. The Hall–Kier alpha value is -4.38. The lowest BCUT2D eigenvalue weighted by atomic mass is 9.93. The number of allylic oxidation sites excluding steroid dienone is 1. The van der Waals surface area contributed by atoms with Crippen LogP contribution >= 0.6 is 0 Å². The molecule has 1 N–H and O–H groups in total. The predicted octanol–water partition coefficient (Wildman–Crippen LogP) is 4.67. The molecule has 0 unspecified atom stereocenters. The van der Waals surface area contributed by atoms with Crippen molar-refractivity contribution in [1.82, 2.24) is 10.2 Å². The van der Waals surface area contributed by atoms with E-state index < -0.39 is 17.8 Å². The number of hydrogen-bond donors (Lipinski definition) is 1. The van der Waals surface area contributed by atoms with Crippen molar-refractivity contribution in [3.05, 3.63) is 76.9 Å². The maximum absolute atomic E-state index is 13.3. The van der Waals surface area contributed by atoms with Gasteiger partial charge < -0.3 is 9.47 Å². The molecule has 1 aliphatic carbocycles. The molecule has 1 heterocycles. The highest BCUT2D eigenvalue weighted by molar-refractivity contribution is 6.31. The van der Waals surface area contributed by atoms with Crippen LogP contribution in [0.15, 0.2) is 54.6 Å². The van der Waals surface area contributed by atoms with Gasteiger partial charge in [-0.05, 0) is 49.1 Å². The molecule has 190 valence electrons. The van der Waals surface area contributed by atoms with Gasteiger partial charge >= 0.3 is 6.03 Å². The van der Waals surface area contributed by atoms with Crippen LogP contribution in [0.2, 0.25) is 0 Å². The number of hydrogen-bond acceptors (Lipinski definition) is 6. The van der Waals surface area contributed by atoms with Gasteiger partial charge in [0.1, 0.15) is 12.2 Å². The average Bonchev–Trinajstić information content (AvgIpc) is 2.91. The molecule has 4 amide bonds. The molecule has 2 aliphatic rings. The zero-order valence-electron chi connectivity index (χ0n) is 20.8. The van der Waals surface area contributed by atoms with Crippen LogP contribution in [0.1, 0.15) is 54.4 Å². The fourth-order valence-corrected chi connectivity index (χ4v) is 4.80. The van der Waals surface area contributed by atoms with E-state index in [0.717, 1.165) is 43.2 Å². The van der Waals surface area contributed by atoms with E-state index in [9.17, 15) is 19.6 Å². The van der Waals surface area contributed by atoms with Gasteiger partial charge in [-0.25, -0.2) is 4.79 Å². The zero-order chi connectivity index (χ0) is 26.4. The van der Waals surface area contributed by atoms with Gasteiger partial charge in [0, 0.05) is 17.2 Å². The highest BCUT2D eigenvalue weighted by atomic mass is 16.5. The number of nitriles is 1. The summed E-state index contributed by atoms with van der Waals surface area (Å²) in [4.78, 5) is 39.6. The number of imide groups is 2. The number of carbonyl (C=O) groups is 3. The number of methoxy groups -OCH3 is 1. The molecule has 0 spiro atoms. The van der Waals surface area contributed by atoms with E-state index in [2.05, 4.69) is 18.0 Å². The first-order chi connectivity index (χ1) is 18.0. The molecule has 8 nitrogen and oxygen atoms in total. The second-order valence-electron chi connectivity index (χ2n) is 9.05. The number of carbonyl (C=O) groups excluding carboxylic acids is 3. The van der Waals surface area contributed by atoms with Crippen molar-refractivity contribution in [1.29, 1.82) is 5.26 Å². The Balaban J connectivity index is 1.67. The maximum atomic E-state index is 13.3.